The molecule has 8 atom stereocenters. The van der Waals surface area contributed by atoms with Crippen molar-refractivity contribution in [3.8, 4) is 0 Å². The topological polar surface area (TPSA) is 87.1 Å². The van der Waals surface area contributed by atoms with Crippen LogP contribution in [0.2, 0.25) is 0 Å². The van der Waals surface area contributed by atoms with Gasteiger partial charge in [0.15, 0.2) is 0 Å². The van der Waals surface area contributed by atoms with Gasteiger partial charge in [0.1, 0.15) is 0 Å². The van der Waals surface area contributed by atoms with Gasteiger partial charge < -0.3 is 14.9 Å². The molecule has 39 heavy (non-hydrogen) atoms. The van der Waals surface area contributed by atoms with Crippen molar-refractivity contribution >= 4 is 11.9 Å². The van der Waals surface area contributed by atoms with E-state index >= 15 is 0 Å². The standard InChI is InChI=1S/C33H55NO5/c1-22(2)7-6-8-23(3)27-11-12-28-26-10-9-24-19-25(39-18-17-34(20-30(35)36)21-31(37)38)13-15-32(24,4)29(26)14-16-33(27,28)5/h9,22-23,25-29H,6-8,10-21H2,1-5H3,(H,35,36)(H,37,38)/t23-,25+,26+,27-,28+,29+,32+,33-/m1/s1. The highest BCUT2D eigenvalue weighted by Gasteiger charge is 2.59. The fourth-order valence-electron chi connectivity index (χ4n) is 9.74. The second-order valence-electron chi connectivity index (χ2n) is 14.5. The quantitative estimate of drug-likeness (QED) is 0.245. The summed E-state index contributed by atoms with van der Waals surface area (Å²) < 4.78 is 6.21. The second kappa shape index (κ2) is 12.6. The van der Waals surface area contributed by atoms with Crippen LogP contribution in [0.5, 0.6) is 0 Å². The van der Waals surface area contributed by atoms with Crippen LogP contribution >= 0.6 is 0 Å². The number of carboxylic acids is 2. The van der Waals surface area contributed by atoms with Gasteiger partial charge in [0.05, 0.1) is 25.8 Å². The Balaban J connectivity index is 1.35. The van der Waals surface area contributed by atoms with E-state index in [1.54, 1.807) is 5.57 Å². The Morgan fingerprint density at radius 3 is 2.38 bits per heavy atom. The second-order valence-corrected chi connectivity index (χ2v) is 14.5. The lowest BCUT2D eigenvalue weighted by Crippen LogP contribution is -2.51. The summed E-state index contributed by atoms with van der Waals surface area (Å²) in [5.74, 6) is 3.00. The van der Waals surface area contributed by atoms with Gasteiger partial charge in [-0.25, -0.2) is 0 Å². The summed E-state index contributed by atoms with van der Waals surface area (Å²) >= 11 is 0. The highest BCUT2D eigenvalue weighted by atomic mass is 16.5. The van der Waals surface area contributed by atoms with Crippen LogP contribution in [0.25, 0.3) is 0 Å². The molecule has 0 bridgehead atoms. The van der Waals surface area contributed by atoms with Gasteiger partial charge in [-0.2, -0.15) is 0 Å². The molecule has 0 aromatic heterocycles. The maximum Gasteiger partial charge on any atom is 0.317 e. The molecule has 4 aliphatic carbocycles. The molecule has 0 aliphatic heterocycles. The normalized spacial score (nSPS) is 36.7. The van der Waals surface area contributed by atoms with Crippen LogP contribution in [0.4, 0.5) is 0 Å². The number of allylic oxidation sites excluding steroid dienone is 1. The first kappa shape index (κ1) is 30.6. The molecular weight excluding hydrogens is 490 g/mol. The summed E-state index contributed by atoms with van der Waals surface area (Å²) in [6.45, 7) is 12.6. The monoisotopic (exact) mass is 545 g/mol. The first-order valence-electron chi connectivity index (χ1n) is 15.9. The molecule has 4 aliphatic rings. The van der Waals surface area contributed by atoms with Crippen molar-refractivity contribution in [3.63, 3.8) is 0 Å². The maximum absolute atomic E-state index is 11.1. The SMILES string of the molecule is CC(C)CCC[C@@H](C)[C@H]1CC[C@H]2[C@@H]3CC=C4C[C@@H](OCCN(CC(=O)O)CC(=O)O)CC[C@]4(C)[C@H]3CC[C@]12C. The first-order chi connectivity index (χ1) is 18.4. The van der Waals surface area contributed by atoms with Gasteiger partial charge in [0, 0.05) is 6.54 Å². The smallest absolute Gasteiger partial charge is 0.317 e. The summed E-state index contributed by atoms with van der Waals surface area (Å²) in [5, 5.41) is 18.2. The van der Waals surface area contributed by atoms with Gasteiger partial charge in [-0.05, 0) is 97.7 Å². The van der Waals surface area contributed by atoms with Crippen LogP contribution < -0.4 is 0 Å². The van der Waals surface area contributed by atoms with E-state index < -0.39 is 11.9 Å². The van der Waals surface area contributed by atoms with Crippen LogP contribution in [-0.2, 0) is 14.3 Å². The van der Waals surface area contributed by atoms with Crippen molar-refractivity contribution in [3.05, 3.63) is 11.6 Å². The van der Waals surface area contributed by atoms with Crippen LogP contribution in [0, 0.1) is 46.3 Å². The Morgan fingerprint density at radius 2 is 1.72 bits per heavy atom. The molecule has 3 fully saturated rings. The molecule has 6 heteroatoms. The minimum absolute atomic E-state index is 0.147. The lowest BCUT2D eigenvalue weighted by molar-refractivity contribution is -0.142. The molecule has 0 amide bonds. The summed E-state index contributed by atoms with van der Waals surface area (Å²) in [6, 6.07) is 0. The van der Waals surface area contributed by atoms with Crippen molar-refractivity contribution in [1.82, 2.24) is 4.90 Å². The van der Waals surface area contributed by atoms with Crippen molar-refractivity contribution in [2.45, 2.75) is 111 Å². The molecule has 6 nitrogen and oxygen atoms in total. The highest BCUT2D eigenvalue weighted by Crippen LogP contribution is 2.67. The van der Waals surface area contributed by atoms with Crippen LogP contribution in [0.1, 0.15) is 105 Å². The van der Waals surface area contributed by atoms with E-state index in [4.69, 9.17) is 14.9 Å². The summed E-state index contributed by atoms with van der Waals surface area (Å²) in [5.41, 5.74) is 2.38. The first-order valence-corrected chi connectivity index (χ1v) is 15.9. The molecular formula is C33H55NO5. The number of nitrogens with zero attached hydrogens (tertiary/aromatic N) is 1. The van der Waals surface area contributed by atoms with E-state index in [1.807, 2.05) is 0 Å². The van der Waals surface area contributed by atoms with Crippen molar-refractivity contribution in [2.24, 2.45) is 46.3 Å². The van der Waals surface area contributed by atoms with Crippen molar-refractivity contribution in [2.75, 3.05) is 26.2 Å². The van der Waals surface area contributed by atoms with E-state index in [2.05, 4.69) is 40.7 Å². The summed E-state index contributed by atoms with van der Waals surface area (Å²) in [6.07, 6.45) is 16.9. The van der Waals surface area contributed by atoms with Crippen LogP contribution in [0.15, 0.2) is 11.6 Å². The van der Waals surface area contributed by atoms with Gasteiger partial charge in [-0.15, -0.1) is 0 Å². The molecule has 0 radical (unpaired) electrons. The average Bonchev–Trinajstić information content (AvgIpc) is 3.20. The van der Waals surface area contributed by atoms with Crippen molar-refractivity contribution in [1.29, 1.82) is 0 Å². The number of aliphatic carboxylic acids is 2. The van der Waals surface area contributed by atoms with Gasteiger partial charge in [-0.1, -0.05) is 65.5 Å². The molecule has 2 N–H and O–H groups in total. The number of rotatable bonds is 13. The number of fused-ring (bicyclic) bond motifs is 5. The fraction of sp³-hybridized carbons (Fsp3) is 0.879. The van der Waals surface area contributed by atoms with Gasteiger partial charge in [-0.3, -0.25) is 14.5 Å². The predicted octanol–water partition coefficient (Wildman–Crippen LogP) is 6.88. The number of carboxylic acid groups (broad SMARTS) is 2. The van der Waals surface area contributed by atoms with E-state index in [1.165, 1.54) is 56.3 Å². The third-order valence-corrected chi connectivity index (χ3v) is 11.7. The van der Waals surface area contributed by atoms with Crippen LogP contribution in [0.3, 0.4) is 0 Å². The maximum atomic E-state index is 11.1. The largest absolute Gasteiger partial charge is 0.480 e. The molecule has 0 heterocycles. The third kappa shape index (κ3) is 6.74. The Labute approximate surface area is 236 Å². The molecule has 0 unspecified atom stereocenters. The Morgan fingerprint density at radius 1 is 1.00 bits per heavy atom. The molecule has 0 saturated heterocycles. The van der Waals surface area contributed by atoms with Gasteiger partial charge in [0.2, 0.25) is 0 Å². The third-order valence-electron chi connectivity index (χ3n) is 11.7. The van der Waals surface area contributed by atoms with E-state index in [0.717, 1.165) is 54.8 Å². The number of ether oxygens (including phenoxy) is 1. The molecule has 3 saturated carbocycles. The lowest BCUT2D eigenvalue weighted by Gasteiger charge is -2.58. The molecule has 4 rings (SSSR count). The molecule has 222 valence electrons. The molecule has 0 aromatic carbocycles. The highest BCUT2D eigenvalue weighted by molar-refractivity contribution is 5.72. The zero-order valence-electron chi connectivity index (χ0n) is 25.3. The average molecular weight is 546 g/mol. The minimum atomic E-state index is -1.01. The summed E-state index contributed by atoms with van der Waals surface area (Å²) in [7, 11) is 0. The number of carbonyl (C=O) groups is 2. The van der Waals surface area contributed by atoms with Gasteiger partial charge in [0.25, 0.3) is 0 Å². The lowest BCUT2D eigenvalue weighted by atomic mass is 9.47. The van der Waals surface area contributed by atoms with E-state index in [9.17, 15) is 9.59 Å². The zero-order valence-corrected chi connectivity index (χ0v) is 25.3. The molecule has 0 aromatic rings. The Kier molecular flexibility index (Phi) is 9.90. The zero-order chi connectivity index (χ0) is 28.4. The van der Waals surface area contributed by atoms with E-state index in [0.29, 0.717) is 18.6 Å². The van der Waals surface area contributed by atoms with Crippen molar-refractivity contribution < 1.29 is 24.5 Å². The Hall–Kier alpha value is -1.40. The Bertz CT molecular complexity index is 885. The summed E-state index contributed by atoms with van der Waals surface area (Å²) in [4.78, 5) is 23.6. The van der Waals surface area contributed by atoms with Crippen LogP contribution in [-0.4, -0.2) is 59.4 Å². The number of hydrogen-bond donors (Lipinski definition) is 2. The number of hydrogen-bond acceptors (Lipinski definition) is 4. The van der Waals surface area contributed by atoms with Gasteiger partial charge >= 0.3 is 11.9 Å². The van der Waals surface area contributed by atoms with E-state index in [-0.39, 0.29) is 24.6 Å². The predicted molar refractivity (Wildman–Crippen MR) is 154 cm³/mol. The fourth-order valence-corrected chi connectivity index (χ4v) is 9.74. The minimum Gasteiger partial charge on any atom is -0.480 e. The molecule has 0 spiro atoms.